The fourth-order valence-corrected chi connectivity index (χ4v) is 3.08. The Balaban J connectivity index is 1.84. The van der Waals surface area contributed by atoms with E-state index in [0.29, 0.717) is 18.0 Å². The highest BCUT2D eigenvalue weighted by Gasteiger charge is 2.35. The van der Waals surface area contributed by atoms with Crippen molar-refractivity contribution in [3.8, 4) is 6.01 Å². The molecule has 0 aromatic carbocycles. The summed E-state index contributed by atoms with van der Waals surface area (Å²) in [6.45, 7) is 1.90. The standard InChI is InChI=1S/C12H20N6O/c1-17-8-3-4-9(17)7-18(6-5-8)11-14-10(13)15-12(16-11)19-2/h8-9H,3-7H2,1-2H3,(H2,13,14,15,16). The minimum Gasteiger partial charge on any atom is -0.467 e. The number of aromatic nitrogens is 3. The Morgan fingerprint density at radius 1 is 1.16 bits per heavy atom. The van der Waals surface area contributed by atoms with Crippen molar-refractivity contribution in [1.29, 1.82) is 0 Å². The van der Waals surface area contributed by atoms with Gasteiger partial charge < -0.3 is 15.4 Å². The van der Waals surface area contributed by atoms with Gasteiger partial charge in [-0.2, -0.15) is 15.0 Å². The molecule has 0 radical (unpaired) electrons. The van der Waals surface area contributed by atoms with E-state index >= 15 is 0 Å². The van der Waals surface area contributed by atoms with E-state index in [1.54, 1.807) is 0 Å². The number of nitrogens with zero attached hydrogens (tertiary/aromatic N) is 5. The molecule has 3 heterocycles. The molecule has 0 saturated carbocycles. The Morgan fingerprint density at radius 2 is 1.95 bits per heavy atom. The Hall–Kier alpha value is -1.63. The van der Waals surface area contributed by atoms with E-state index < -0.39 is 0 Å². The molecule has 2 N–H and O–H groups in total. The lowest BCUT2D eigenvalue weighted by molar-refractivity contribution is 0.254. The third-order valence-corrected chi connectivity index (χ3v) is 4.23. The van der Waals surface area contributed by atoms with Crippen LogP contribution in [0.15, 0.2) is 0 Å². The average molecular weight is 264 g/mol. The van der Waals surface area contributed by atoms with Crippen LogP contribution in [0.25, 0.3) is 0 Å². The van der Waals surface area contributed by atoms with Gasteiger partial charge in [-0.1, -0.05) is 0 Å². The molecule has 0 spiro atoms. The molecule has 19 heavy (non-hydrogen) atoms. The van der Waals surface area contributed by atoms with Gasteiger partial charge in [-0.05, 0) is 26.3 Å². The highest BCUT2D eigenvalue weighted by molar-refractivity contribution is 5.36. The third kappa shape index (κ3) is 2.30. The van der Waals surface area contributed by atoms with Crippen molar-refractivity contribution in [3.05, 3.63) is 0 Å². The van der Waals surface area contributed by atoms with E-state index in [2.05, 4.69) is 31.8 Å². The Kier molecular flexibility index (Phi) is 3.14. The molecule has 7 heteroatoms. The number of nitrogens with two attached hydrogens (primary N) is 1. The molecule has 0 aliphatic carbocycles. The highest BCUT2D eigenvalue weighted by atomic mass is 16.5. The maximum Gasteiger partial charge on any atom is 0.322 e. The molecule has 2 aliphatic rings. The van der Waals surface area contributed by atoms with Crippen LogP contribution in [0, 0.1) is 0 Å². The van der Waals surface area contributed by atoms with Crippen molar-refractivity contribution in [2.24, 2.45) is 0 Å². The highest BCUT2D eigenvalue weighted by Crippen LogP contribution is 2.29. The van der Waals surface area contributed by atoms with Gasteiger partial charge in [-0.25, -0.2) is 0 Å². The number of hydrogen-bond acceptors (Lipinski definition) is 7. The number of methoxy groups -OCH3 is 1. The number of fused-ring (bicyclic) bond motifs is 2. The van der Waals surface area contributed by atoms with Crippen molar-refractivity contribution < 1.29 is 4.74 Å². The van der Waals surface area contributed by atoms with Gasteiger partial charge in [0.15, 0.2) is 0 Å². The molecular formula is C12H20N6O. The van der Waals surface area contributed by atoms with Crippen molar-refractivity contribution in [3.63, 3.8) is 0 Å². The first kappa shape index (κ1) is 12.4. The molecule has 104 valence electrons. The smallest absolute Gasteiger partial charge is 0.322 e. The summed E-state index contributed by atoms with van der Waals surface area (Å²) in [6, 6.07) is 1.55. The van der Waals surface area contributed by atoms with E-state index in [1.165, 1.54) is 20.0 Å². The SMILES string of the molecule is COc1nc(N)nc(N2CCC3CCC(C2)N3C)n1. The Bertz CT molecular complexity index is 468. The predicted octanol–water partition coefficient (Wildman–Crippen LogP) is 0.135. The van der Waals surface area contributed by atoms with Crippen LogP contribution in [-0.2, 0) is 0 Å². The number of ether oxygens (including phenoxy) is 1. The quantitative estimate of drug-likeness (QED) is 0.813. The third-order valence-electron chi connectivity index (χ3n) is 4.23. The second-order valence-corrected chi connectivity index (χ2v) is 5.27. The molecule has 7 nitrogen and oxygen atoms in total. The zero-order valence-electron chi connectivity index (χ0n) is 11.4. The van der Waals surface area contributed by atoms with Gasteiger partial charge >= 0.3 is 6.01 Å². The van der Waals surface area contributed by atoms with Crippen LogP contribution in [0.2, 0.25) is 0 Å². The van der Waals surface area contributed by atoms with Gasteiger partial charge in [0, 0.05) is 25.2 Å². The van der Waals surface area contributed by atoms with Crippen LogP contribution in [-0.4, -0.2) is 59.2 Å². The summed E-state index contributed by atoms with van der Waals surface area (Å²) < 4.78 is 5.06. The Labute approximate surface area is 112 Å². The summed E-state index contributed by atoms with van der Waals surface area (Å²) >= 11 is 0. The second-order valence-electron chi connectivity index (χ2n) is 5.27. The molecule has 2 aliphatic heterocycles. The van der Waals surface area contributed by atoms with Gasteiger partial charge in [0.1, 0.15) is 0 Å². The van der Waals surface area contributed by atoms with Crippen molar-refractivity contribution in [2.45, 2.75) is 31.3 Å². The summed E-state index contributed by atoms with van der Waals surface area (Å²) in [5.74, 6) is 0.843. The summed E-state index contributed by atoms with van der Waals surface area (Å²) in [6.07, 6.45) is 3.69. The number of hydrogen-bond donors (Lipinski definition) is 1. The first-order chi connectivity index (χ1) is 9.17. The minimum absolute atomic E-state index is 0.213. The van der Waals surface area contributed by atoms with Crippen molar-refractivity contribution >= 4 is 11.9 Å². The van der Waals surface area contributed by atoms with Gasteiger partial charge in [0.05, 0.1) is 7.11 Å². The summed E-state index contributed by atoms with van der Waals surface area (Å²) in [5, 5.41) is 0. The average Bonchev–Trinajstić information content (AvgIpc) is 2.62. The summed E-state index contributed by atoms with van der Waals surface area (Å²) in [4.78, 5) is 17.2. The van der Waals surface area contributed by atoms with E-state index in [-0.39, 0.29) is 12.0 Å². The largest absolute Gasteiger partial charge is 0.467 e. The Morgan fingerprint density at radius 3 is 2.74 bits per heavy atom. The summed E-state index contributed by atoms with van der Waals surface area (Å²) in [5.41, 5.74) is 5.70. The molecule has 0 amide bonds. The van der Waals surface area contributed by atoms with E-state index in [4.69, 9.17) is 10.5 Å². The number of anilines is 2. The number of likely N-dealkylation sites (N-methyl/N-ethyl adjacent to an activating group) is 1. The molecule has 2 fully saturated rings. The minimum atomic E-state index is 0.213. The fraction of sp³-hybridized carbons (Fsp3) is 0.750. The van der Waals surface area contributed by atoms with Gasteiger partial charge in [-0.3, -0.25) is 4.90 Å². The lowest BCUT2D eigenvalue weighted by Gasteiger charge is -2.25. The van der Waals surface area contributed by atoms with E-state index in [9.17, 15) is 0 Å². The van der Waals surface area contributed by atoms with Crippen LogP contribution < -0.4 is 15.4 Å². The predicted molar refractivity (Wildman–Crippen MR) is 72.2 cm³/mol. The molecule has 2 bridgehead atoms. The number of nitrogen functional groups attached to an aromatic ring is 1. The normalized spacial score (nSPS) is 27.4. The van der Waals surface area contributed by atoms with Gasteiger partial charge in [-0.15, -0.1) is 0 Å². The molecule has 2 unspecified atom stereocenters. The summed E-state index contributed by atoms with van der Waals surface area (Å²) in [7, 11) is 3.75. The number of rotatable bonds is 2. The van der Waals surface area contributed by atoms with Crippen LogP contribution in [0.4, 0.5) is 11.9 Å². The first-order valence-corrected chi connectivity index (χ1v) is 6.70. The maximum atomic E-state index is 5.70. The maximum absolute atomic E-state index is 5.70. The van der Waals surface area contributed by atoms with Gasteiger partial charge in [0.25, 0.3) is 0 Å². The van der Waals surface area contributed by atoms with Crippen molar-refractivity contribution in [2.75, 3.05) is 37.9 Å². The van der Waals surface area contributed by atoms with Crippen LogP contribution in [0.3, 0.4) is 0 Å². The van der Waals surface area contributed by atoms with Crippen LogP contribution in [0.1, 0.15) is 19.3 Å². The van der Waals surface area contributed by atoms with Crippen LogP contribution >= 0.6 is 0 Å². The lowest BCUT2D eigenvalue weighted by atomic mass is 10.1. The zero-order valence-corrected chi connectivity index (χ0v) is 11.4. The molecule has 2 atom stereocenters. The molecule has 1 aromatic rings. The van der Waals surface area contributed by atoms with E-state index in [0.717, 1.165) is 19.5 Å². The first-order valence-electron chi connectivity index (χ1n) is 6.70. The molecular weight excluding hydrogens is 244 g/mol. The van der Waals surface area contributed by atoms with Crippen LogP contribution in [0.5, 0.6) is 6.01 Å². The fourth-order valence-electron chi connectivity index (χ4n) is 3.08. The topological polar surface area (TPSA) is 80.4 Å². The van der Waals surface area contributed by atoms with Crippen molar-refractivity contribution in [1.82, 2.24) is 19.9 Å². The second kappa shape index (κ2) is 4.80. The molecule has 2 saturated heterocycles. The molecule has 1 aromatic heterocycles. The zero-order chi connectivity index (χ0) is 13.4. The van der Waals surface area contributed by atoms with Gasteiger partial charge in [0.2, 0.25) is 11.9 Å². The van der Waals surface area contributed by atoms with E-state index in [1.807, 2.05) is 0 Å². The molecule has 3 rings (SSSR count). The lowest BCUT2D eigenvalue weighted by Crippen LogP contribution is -2.37. The monoisotopic (exact) mass is 264 g/mol.